The van der Waals surface area contributed by atoms with E-state index in [0.29, 0.717) is 0 Å². The van der Waals surface area contributed by atoms with Gasteiger partial charge in [-0.2, -0.15) is 0 Å². The summed E-state index contributed by atoms with van der Waals surface area (Å²) in [6.07, 6.45) is 1.71. The summed E-state index contributed by atoms with van der Waals surface area (Å²) in [5.74, 6) is 1.68. The molecule has 0 unspecified atom stereocenters. The molecule has 1 aromatic carbocycles. The molecule has 0 aliphatic carbocycles. The van der Waals surface area contributed by atoms with Gasteiger partial charge in [0.2, 0.25) is 0 Å². The van der Waals surface area contributed by atoms with Gasteiger partial charge in [0, 0.05) is 11.5 Å². The molecule has 5 heteroatoms. The Hall–Kier alpha value is -1.33. The Morgan fingerprint density at radius 2 is 1.56 bits per heavy atom. The summed E-state index contributed by atoms with van der Waals surface area (Å²) in [6, 6.07) is 4.12. The Balaban J connectivity index is 3.14. The largest absolute Gasteiger partial charge is 0.496 e. The lowest BCUT2D eigenvalue weighted by molar-refractivity contribution is -0.114. The zero-order valence-corrected chi connectivity index (χ0v) is 19.8. The van der Waals surface area contributed by atoms with Gasteiger partial charge in [0.05, 0.1) is 20.3 Å². The maximum absolute atomic E-state index is 11.6. The van der Waals surface area contributed by atoms with Crippen LogP contribution in [0.3, 0.4) is 0 Å². The average Bonchev–Trinajstić information content (AvgIpc) is 2.59. The molecule has 0 N–H and O–H groups in total. The van der Waals surface area contributed by atoms with Crippen molar-refractivity contribution in [3.63, 3.8) is 0 Å². The molecule has 154 valence electrons. The van der Waals surface area contributed by atoms with Crippen LogP contribution in [0.4, 0.5) is 0 Å². The van der Waals surface area contributed by atoms with Gasteiger partial charge in [0.1, 0.15) is 17.8 Å². The number of hydrogen-bond donors (Lipinski definition) is 0. The van der Waals surface area contributed by atoms with Crippen molar-refractivity contribution >= 4 is 14.6 Å². The first kappa shape index (κ1) is 23.7. The number of rotatable bonds is 9. The van der Waals surface area contributed by atoms with Crippen molar-refractivity contribution < 1.29 is 18.7 Å². The summed E-state index contributed by atoms with van der Waals surface area (Å²) in [5.41, 5.74) is 2.12. The maximum Gasteiger partial charge on any atom is 0.192 e. The summed E-state index contributed by atoms with van der Waals surface area (Å²) in [6.45, 7) is 17.3. The minimum Gasteiger partial charge on any atom is -0.496 e. The highest BCUT2D eigenvalue weighted by atomic mass is 28.4. The van der Waals surface area contributed by atoms with Crippen molar-refractivity contribution in [2.24, 2.45) is 11.8 Å². The highest BCUT2D eigenvalue weighted by Gasteiger charge is 2.41. The molecule has 1 rings (SSSR count). The van der Waals surface area contributed by atoms with Gasteiger partial charge < -0.3 is 18.7 Å². The third-order valence-electron chi connectivity index (χ3n) is 5.90. The van der Waals surface area contributed by atoms with Crippen LogP contribution in [-0.2, 0) is 15.6 Å². The highest BCUT2D eigenvalue weighted by molar-refractivity contribution is 6.74. The van der Waals surface area contributed by atoms with E-state index < -0.39 is 8.32 Å². The predicted molar refractivity (Wildman–Crippen MR) is 114 cm³/mol. The smallest absolute Gasteiger partial charge is 0.192 e. The second-order valence-corrected chi connectivity index (χ2v) is 13.9. The van der Waals surface area contributed by atoms with Crippen LogP contribution in [0, 0.1) is 18.8 Å². The third-order valence-corrected chi connectivity index (χ3v) is 10.4. The second-order valence-electron chi connectivity index (χ2n) is 9.14. The van der Waals surface area contributed by atoms with Crippen molar-refractivity contribution in [3.05, 3.63) is 23.3 Å². The molecule has 0 bridgehead atoms. The summed E-state index contributed by atoms with van der Waals surface area (Å²) in [7, 11) is 1.37. The van der Waals surface area contributed by atoms with Crippen LogP contribution in [-0.4, -0.2) is 34.9 Å². The molecule has 1 aromatic rings. The molecule has 3 atom stereocenters. The number of ether oxygens (including phenoxy) is 2. The lowest BCUT2D eigenvalue weighted by atomic mass is 9.89. The lowest BCUT2D eigenvalue weighted by Crippen LogP contribution is -2.48. The van der Waals surface area contributed by atoms with E-state index in [9.17, 15) is 4.79 Å². The molecule has 0 saturated carbocycles. The van der Waals surface area contributed by atoms with E-state index in [-0.39, 0.29) is 23.0 Å². The van der Waals surface area contributed by atoms with Crippen molar-refractivity contribution in [3.8, 4) is 11.5 Å². The molecular formula is C22H38O4Si. The van der Waals surface area contributed by atoms with Gasteiger partial charge >= 0.3 is 0 Å². The SMILES string of the molecule is COc1cc(C[C@H](C)[C@@H](O[Si](C)(C)C(C)(C)C)[C@@H](C)C=O)cc(OC)c1C. The molecule has 0 aromatic heterocycles. The van der Waals surface area contributed by atoms with E-state index in [2.05, 4.69) is 52.9 Å². The lowest BCUT2D eigenvalue weighted by Gasteiger charge is -2.42. The molecular weight excluding hydrogens is 356 g/mol. The predicted octanol–water partition coefficient (Wildman–Crippen LogP) is 5.42. The quantitative estimate of drug-likeness (QED) is 0.414. The first-order valence-corrected chi connectivity index (χ1v) is 12.6. The first-order valence-electron chi connectivity index (χ1n) is 9.72. The van der Waals surface area contributed by atoms with Gasteiger partial charge in [-0.3, -0.25) is 0 Å². The summed E-state index contributed by atoms with van der Waals surface area (Å²) in [4.78, 5) is 11.6. The van der Waals surface area contributed by atoms with Crippen molar-refractivity contribution in [2.45, 2.75) is 72.2 Å². The molecule has 0 radical (unpaired) electrons. The molecule has 4 nitrogen and oxygen atoms in total. The summed E-state index contributed by atoms with van der Waals surface area (Å²) in [5, 5.41) is 0.101. The van der Waals surface area contributed by atoms with E-state index in [1.807, 2.05) is 13.8 Å². The molecule has 0 heterocycles. The Morgan fingerprint density at radius 1 is 1.07 bits per heavy atom. The number of carbonyl (C=O) groups excluding carboxylic acids is 1. The number of methoxy groups -OCH3 is 2. The van der Waals surface area contributed by atoms with Crippen LogP contribution in [0.1, 0.15) is 45.7 Å². The fourth-order valence-electron chi connectivity index (χ4n) is 3.08. The highest BCUT2D eigenvalue weighted by Crippen LogP contribution is 2.39. The van der Waals surface area contributed by atoms with Crippen molar-refractivity contribution in [1.82, 2.24) is 0 Å². The zero-order chi connectivity index (χ0) is 21.0. The molecule has 0 aliphatic rings. The molecule has 0 saturated heterocycles. The van der Waals surface area contributed by atoms with Crippen LogP contribution in [0.2, 0.25) is 18.1 Å². The minimum absolute atomic E-state index is 0.101. The zero-order valence-electron chi connectivity index (χ0n) is 18.8. The second kappa shape index (κ2) is 9.24. The van der Waals surface area contributed by atoms with E-state index >= 15 is 0 Å². The molecule has 27 heavy (non-hydrogen) atoms. The van der Waals surface area contributed by atoms with Crippen LogP contribution >= 0.6 is 0 Å². The van der Waals surface area contributed by atoms with Crippen LogP contribution in [0.5, 0.6) is 11.5 Å². The molecule has 0 fully saturated rings. The number of hydrogen-bond acceptors (Lipinski definition) is 4. The Bertz CT molecular complexity index is 609. The fourth-order valence-corrected chi connectivity index (χ4v) is 4.56. The standard InChI is InChI=1S/C22H38O4Si/c1-15(11-18-12-19(24-7)17(3)20(13-18)25-8)21(16(2)14-23)26-27(9,10)22(4,5)6/h12-16,21H,11H2,1-10H3/t15-,16-,21+/m0/s1. The number of carbonyl (C=O) groups is 1. The van der Waals surface area contributed by atoms with Gasteiger partial charge in [0.25, 0.3) is 0 Å². The summed E-state index contributed by atoms with van der Waals surface area (Å²) < 4.78 is 17.7. The van der Waals surface area contributed by atoms with E-state index in [4.69, 9.17) is 13.9 Å². The number of benzene rings is 1. The minimum atomic E-state index is -1.98. The molecule has 0 aliphatic heterocycles. The Labute approximate surface area is 166 Å². The first-order chi connectivity index (χ1) is 12.4. The average molecular weight is 395 g/mol. The van der Waals surface area contributed by atoms with Crippen LogP contribution in [0.25, 0.3) is 0 Å². The topological polar surface area (TPSA) is 44.8 Å². The van der Waals surface area contributed by atoms with Gasteiger partial charge in [0.15, 0.2) is 8.32 Å². The van der Waals surface area contributed by atoms with E-state index in [0.717, 1.165) is 35.3 Å². The Morgan fingerprint density at radius 3 is 1.93 bits per heavy atom. The Kier molecular flexibility index (Phi) is 8.11. The van der Waals surface area contributed by atoms with Crippen LogP contribution in [0.15, 0.2) is 12.1 Å². The molecule has 0 amide bonds. The van der Waals surface area contributed by atoms with Gasteiger partial charge in [-0.1, -0.05) is 34.6 Å². The normalized spacial score (nSPS) is 15.8. The fraction of sp³-hybridized carbons (Fsp3) is 0.682. The van der Waals surface area contributed by atoms with Gasteiger partial charge in [-0.05, 0) is 55.1 Å². The molecule has 0 spiro atoms. The van der Waals surface area contributed by atoms with Gasteiger partial charge in [-0.15, -0.1) is 0 Å². The maximum atomic E-state index is 11.6. The van der Waals surface area contributed by atoms with Crippen molar-refractivity contribution in [1.29, 1.82) is 0 Å². The number of aldehydes is 1. The third kappa shape index (κ3) is 5.82. The van der Waals surface area contributed by atoms with Crippen LogP contribution < -0.4 is 9.47 Å². The van der Waals surface area contributed by atoms with Crippen molar-refractivity contribution in [2.75, 3.05) is 14.2 Å². The summed E-state index contributed by atoms with van der Waals surface area (Å²) >= 11 is 0. The van der Waals surface area contributed by atoms with Gasteiger partial charge in [-0.25, -0.2) is 0 Å². The van der Waals surface area contributed by atoms with E-state index in [1.165, 1.54) is 0 Å². The van der Waals surface area contributed by atoms with E-state index in [1.54, 1.807) is 14.2 Å². The monoisotopic (exact) mass is 394 g/mol.